The molecule has 3 aliphatic rings. The molecule has 1 aliphatic carbocycles. The van der Waals surface area contributed by atoms with E-state index in [4.69, 9.17) is 4.84 Å². The molecular weight excluding hydrogens is 395 g/mol. The minimum absolute atomic E-state index is 0.0208. The van der Waals surface area contributed by atoms with E-state index in [0.717, 1.165) is 55.2 Å². The summed E-state index contributed by atoms with van der Waals surface area (Å²) in [6, 6.07) is 12.4. The fourth-order valence-corrected chi connectivity index (χ4v) is 5.19. The van der Waals surface area contributed by atoms with Crippen molar-refractivity contribution in [2.45, 2.75) is 51.1 Å². The molecule has 1 saturated heterocycles. The Kier molecular flexibility index (Phi) is 5.48. The number of carbonyl (C=O) groups is 2. The molecule has 5 rings (SSSR count). The number of halogens is 1. The van der Waals surface area contributed by atoms with Crippen molar-refractivity contribution >= 4 is 11.8 Å². The zero-order valence-electron chi connectivity index (χ0n) is 17.5. The van der Waals surface area contributed by atoms with Crippen LogP contribution in [0.5, 0.6) is 0 Å². The Labute approximate surface area is 181 Å². The first-order chi connectivity index (χ1) is 15.1. The van der Waals surface area contributed by atoms with Gasteiger partial charge in [0.25, 0.3) is 5.91 Å². The normalized spacial score (nSPS) is 25.4. The molecule has 31 heavy (non-hydrogen) atoms. The molecule has 1 atom stereocenters. The highest BCUT2D eigenvalue weighted by Gasteiger charge is 2.37. The van der Waals surface area contributed by atoms with Gasteiger partial charge in [-0.15, -0.1) is 0 Å². The van der Waals surface area contributed by atoms with E-state index in [1.54, 1.807) is 12.1 Å². The lowest BCUT2D eigenvalue weighted by atomic mass is 9.78. The molecule has 2 heterocycles. The van der Waals surface area contributed by atoms with E-state index in [1.165, 1.54) is 22.8 Å². The van der Waals surface area contributed by atoms with Gasteiger partial charge in [0, 0.05) is 24.4 Å². The maximum absolute atomic E-state index is 13.3. The second-order valence-corrected chi connectivity index (χ2v) is 8.95. The average molecular weight is 423 g/mol. The SMILES string of the molecule is O=C1NCc2ccc(CC3CCC(C(=O)N4OCC[C@H]4c4ccc(F)cc4)CC3)cc21. The standard InChI is InChI=1S/C25H27FN2O3/c26-21-9-7-18(8-10-21)23-11-12-31-28(23)25(30)19-4-1-16(2-5-19)13-17-3-6-20-15-27-24(29)22(20)14-17/h3,6-10,14,16,19,23H,1-2,4-5,11-13,15H2,(H,27,29)/t16?,19?,23-/m0/s1. The number of fused-ring (bicyclic) bond motifs is 1. The van der Waals surface area contributed by atoms with Gasteiger partial charge in [-0.1, -0.05) is 24.3 Å². The van der Waals surface area contributed by atoms with Crippen LogP contribution < -0.4 is 5.32 Å². The molecule has 2 aromatic rings. The van der Waals surface area contributed by atoms with Crippen LogP contribution in [0, 0.1) is 17.7 Å². The predicted octanol–water partition coefficient (Wildman–Crippen LogP) is 4.32. The van der Waals surface area contributed by atoms with Crippen LogP contribution >= 0.6 is 0 Å². The number of hydrogen-bond donors (Lipinski definition) is 1. The van der Waals surface area contributed by atoms with E-state index < -0.39 is 0 Å². The van der Waals surface area contributed by atoms with Crippen molar-refractivity contribution in [1.29, 1.82) is 0 Å². The zero-order valence-corrected chi connectivity index (χ0v) is 17.5. The van der Waals surface area contributed by atoms with Gasteiger partial charge in [0.15, 0.2) is 0 Å². The molecule has 0 unspecified atom stereocenters. The number of amides is 2. The molecule has 2 aromatic carbocycles. The average Bonchev–Trinajstić information content (AvgIpc) is 3.42. The number of rotatable bonds is 4. The summed E-state index contributed by atoms with van der Waals surface area (Å²) in [5.41, 5.74) is 4.00. The van der Waals surface area contributed by atoms with Crippen LogP contribution in [0.25, 0.3) is 0 Å². The van der Waals surface area contributed by atoms with Gasteiger partial charge in [0.1, 0.15) is 5.82 Å². The fraction of sp³-hybridized carbons (Fsp3) is 0.440. The predicted molar refractivity (Wildman–Crippen MR) is 113 cm³/mol. The summed E-state index contributed by atoms with van der Waals surface area (Å²) in [5.74, 6) is 0.303. The molecule has 2 fully saturated rings. The molecule has 1 saturated carbocycles. The Hall–Kier alpha value is -2.73. The number of carbonyl (C=O) groups excluding carboxylic acids is 2. The largest absolute Gasteiger partial charge is 0.348 e. The van der Waals surface area contributed by atoms with Gasteiger partial charge in [-0.25, -0.2) is 9.45 Å². The fourth-order valence-electron chi connectivity index (χ4n) is 5.19. The Balaban J connectivity index is 1.18. The Morgan fingerprint density at radius 3 is 2.61 bits per heavy atom. The van der Waals surface area contributed by atoms with E-state index in [1.807, 2.05) is 6.07 Å². The summed E-state index contributed by atoms with van der Waals surface area (Å²) in [5, 5.41) is 4.41. The first-order valence-corrected chi connectivity index (χ1v) is 11.2. The molecule has 6 heteroatoms. The van der Waals surface area contributed by atoms with E-state index in [0.29, 0.717) is 19.1 Å². The molecule has 0 spiro atoms. The third-order valence-electron chi connectivity index (χ3n) is 6.96. The molecule has 0 radical (unpaired) electrons. The van der Waals surface area contributed by atoms with Gasteiger partial charge >= 0.3 is 0 Å². The monoisotopic (exact) mass is 422 g/mol. The van der Waals surface area contributed by atoms with Crippen molar-refractivity contribution in [1.82, 2.24) is 10.4 Å². The Morgan fingerprint density at radius 2 is 1.84 bits per heavy atom. The molecule has 0 bridgehead atoms. The molecule has 2 aliphatic heterocycles. The molecule has 1 N–H and O–H groups in total. The van der Waals surface area contributed by atoms with Crippen molar-refractivity contribution in [3.8, 4) is 0 Å². The van der Waals surface area contributed by atoms with Crippen molar-refractivity contribution in [2.75, 3.05) is 6.61 Å². The van der Waals surface area contributed by atoms with Gasteiger partial charge in [-0.05, 0) is 72.9 Å². The van der Waals surface area contributed by atoms with Crippen LogP contribution in [0.1, 0.15) is 65.2 Å². The van der Waals surface area contributed by atoms with Crippen molar-refractivity contribution in [3.05, 3.63) is 70.5 Å². The highest BCUT2D eigenvalue weighted by molar-refractivity contribution is 5.98. The van der Waals surface area contributed by atoms with Crippen LogP contribution in [0.4, 0.5) is 4.39 Å². The third kappa shape index (κ3) is 4.09. The van der Waals surface area contributed by atoms with Crippen LogP contribution in [0.3, 0.4) is 0 Å². The summed E-state index contributed by atoms with van der Waals surface area (Å²) < 4.78 is 13.3. The third-order valence-corrected chi connectivity index (χ3v) is 6.96. The first kappa shape index (κ1) is 20.2. The van der Waals surface area contributed by atoms with Crippen molar-refractivity contribution in [2.24, 2.45) is 11.8 Å². The maximum atomic E-state index is 13.3. The Morgan fingerprint density at radius 1 is 1.06 bits per heavy atom. The number of nitrogens with one attached hydrogen (secondary N) is 1. The van der Waals surface area contributed by atoms with E-state index in [9.17, 15) is 14.0 Å². The molecule has 162 valence electrons. The topological polar surface area (TPSA) is 58.6 Å². The number of hydroxylamine groups is 2. The van der Waals surface area contributed by atoms with Crippen LogP contribution in [0.2, 0.25) is 0 Å². The van der Waals surface area contributed by atoms with Crippen molar-refractivity contribution < 1.29 is 18.8 Å². The summed E-state index contributed by atoms with van der Waals surface area (Å²) in [6.45, 7) is 1.13. The molecule has 2 amide bonds. The van der Waals surface area contributed by atoms with E-state index >= 15 is 0 Å². The van der Waals surface area contributed by atoms with Gasteiger partial charge in [-0.2, -0.15) is 0 Å². The van der Waals surface area contributed by atoms with Gasteiger partial charge in [-0.3, -0.25) is 14.4 Å². The highest BCUT2D eigenvalue weighted by Crippen LogP contribution is 2.37. The summed E-state index contributed by atoms with van der Waals surface area (Å²) in [6.07, 6.45) is 5.37. The summed E-state index contributed by atoms with van der Waals surface area (Å²) in [4.78, 5) is 30.8. The lowest BCUT2D eigenvalue weighted by Gasteiger charge is -2.32. The number of hydrogen-bond acceptors (Lipinski definition) is 3. The zero-order chi connectivity index (χ0) is 21.4. The lowest BCUT2D eigenvalue weighted by molar-refractivity contribution is -0.183. The minimum Gasteiger partial charge on any atom is -0.348 e. The van der Waals surface area contributed by atoms with Crippen molar-refractivity contribution in [3.63, 3.8) is 0 Å². The summed E-state index contributed by atoms with van der Waals surface area (Å²) >= 11 is 0. The number of benzene rings is 2. The minimum atomic E-state index is -0.275. The Bertz CT molecular complexity index is 983. The molecule has 0 aromatic heterocycles. The number of nitrogens with zero attached hydrogens (tertiary/aromatic N) is 1. The smallest absolute Gasteiger partial charge is 0.251 e. The van der Waals surface area contributed by atoms with Gasteiger partial charge < -0.3 is 5.32 Å². The second-order valence-electron chi connectivity index (χ2n) is 8.95. The van der Waals surface area contributed by atoms with Crippen LogP contribution in [-0.4, -0.2) is 23.5 Å². The van der Waals surface area contributed by atoms with Gasteiger partial charge in [0.05, 0.1) is 12.6 Å². The van der Waals surface area contributed by atoms with Crippen LogP contribution in [0.15, 0.2) is 42.5 Å². The first-order valence-electron chi connectivity index (χ1n) is 11.2. The van der Waals surface area contributed by atoms with Gasteiger partial charge in [0.2, 0.25) is 5.91 Å². The van der Waals surface area contributed by atoms with Crippen LogP contribution in [-0.2, 0) is 22.6 Å². The highest BCUT2D eigenvalue weighted by atomic mass is 19.1. The molecular formula is C25H27FN2O3. The quantitative estimate of drug-likeness (QED) is 0.798. The summed E-state index contributed by atoms with van der Waals surface area (Å²) in [7, 11) is 0. The molecule has 5 nitrogen and oxygen atoms in total. The second kappa shape index (κ2) is 8.42. The lowest BCUT2D eigenvalue weighted by Crippen LogP contribution is -2.36. The van der Waals surface area contributed by atoms with E-state index in [-0.39, 0.29) is 29.6 Å². The van der Waals surface area contributed by atoms with E-state index in [2.05, 4.69) is 17.4 Å². The maximum Gasteiger partial charge on any atom is 0.251 e.